The summed E-state index contributed by atoms with van der Waals surface area (Å²) in [5.74, 6) is -0.0981. The van der Waals surface area contributed by atoms with E-state index in [9.17, 15) is 14.4 Å². The van der Waals surface area contributed by atoms with Crippen molar-refractivity contribution in [3.8, 4) is 0 Å². The summed E-state index contributed by atoms with van der Waals surface area (Å²) in [6.45, 7) is 7.32. The number of nitrogens with one attached hydrogen (secondary N) is 1. The van der Waals surface area contributed by atoms with Crippen LogP contribution in [0.3, 0.4) is 0 Å². The van der Waals surface area contributed by atoms with E-state index in [1.54, 1.807) is 4.90 Å². The summed E-state index contributed by atoms with van der Waals surface area (Å²) in [7, 11) is 6.31. The van der Waals surface area contributed by atoms with E-state index in [1.807, 2.05) is 34.1 Å². The average Bonchev–Trinajstić information content (AvgIpc) is 3.24. The summed E-state index contributed by atoms with van der Waals surface area (Å²) in [5, 5.41) is 3.06. The first-order valence-corrected chi connectivity index (χ1v) is 17.1. The van der Waals surface area contributed by atoms with E-state index in [2.05, 4.69) is 56.1 Å². The van der Waals surface area contributed by atoms with Crippen molar-refractivity contribution in [3.63, 3.8) is 0 Å². The van der Waals surface area contributed by atoms with Crippen LogP contribution in [0.25, 0.3) is 0 Å². The van der Waals surface area contributed by atoms with Gasteiger partial charge in [-0.1, -0.05) is 47.3 Å². The molecule has 10 nitrogen and oxygen atoms in total. The lowest BCUT2D eigenvalue weighted by Crippen LogP contribution is -2.54. The van der Waals surface area contributed by atoms with Crippen LogP contribution in [-0.4, -0.2) is 142 Å². The quantitative estimate of drug-likeness (QED) is 0.457. The smallest absolute Gasteiger partial charge is 0.410 e. The van der Waals surface area contributed by atoms with E-state index in [1.165, 1.54) is 5.46 Å². The molecule has 0 aromatic heterocycles. The number of likely N-dealkylation sites (tertiary alicyclic amines) is 2. The van der Waals surface area contributed by atoms with Gasteiger partial charge in [-0.2, -0.15) is 0 Å². The topological polar surface area (TPSA) is 88.7 Å². The zero-order valence-electron chi connectivity index (χ0n) is 27.7. The SMILES string of the molecule is Bc1ccc(C[C@@H](OC(=O)N2CCC(N3CCc4ccccc4NC3=O)CC2)C(=O)N2CCC(N3CCN(C)CC3)CC2)cc1B. The number of likely N-dealkylation sites (N-methyl/N-ethyl adjacent to an activating group) is 1. The van der Waals surface area contributed by atoms with E-state index in [-0.39, 0.29) is 18.0 Å². The minimum absolute atomic E-state index is 0.0490. The normalized spacial score (nSPS) is 21.3. The van der Waals surface area contributed by atoms with Gasteiger partial charge in [0.2, 0.25) is 0 Å². The molecule has 4 amide bonds. The first kappa shape index (κ1) is 32.4. The monoisotopic (exact) mass is 626 g/mol. The minimum atomic E-state index is -0.873. The highest BCUT2D eigenvalue weighted by Gasteiger charge is 2.36. The van der Waals surface area contributed by atoms with E-state index in [4.69, 9.17) is 4.74 Å². The van der Waals surface area contributed by atoms with Crippen LogP contribution in [0.15, 0.2) is 42.5 Å². The molecule has 4 aliphatic rings. The lowest BCUT2D eigenvalue weighted by atomic mass is 9.79. The molecular weight excluding hydrogens is 578 g/mol. The summed E-state index contributed by atoms with van der Waals surface area (Å²) >= 11 is 0. The molecule has 4 aliphatic heterocycles. The second-order valence-electron chi connectivity index (χ2n) is 13.6. The number of anilines is 1. The fourth-order valence-corrected chi connectivity index (χ4v) is 7.46. The molecule has 0 bridgehead atoms. The van der Waals surface area contributed by atoms with E-state index in [0.29, 0.717) is 58.0 Å². The highest BCUT2D eigenvalue weighted by atomic mass is 16.6. The maximum absolute atomic E-state index is 14.0. The molecule has 4 heterocycles. The van der Waals surface area contributed by atoms with Crippen LogP contribution in [0.5, 0.6) is 0 Å². The number of rotatable bonds is 6. The van der Waals surface area contributed by atoms with Gasteiger partial charge in [-0.3, -0.25) is 9.69 Å². The van der Waals surface area contributed by atoms with Gasteiger partial charge < -0.3 is 29.7 Å². The standard InChI is InChI=1S/C34H48B2N6O4/c1-38-18-20-39(21-19-38)26-9-13-40(14-10-26)32(43)31(23-24-6-7-28(35)29(36)22-24)46-34(45)41-15-11-27(12-16-41)42-17-8-25-4-2-3-5-30(25)37-33(42)44/h2-7,22,26-27,31H,8-21,23,35-36H2,1H3,(H,37,44)/t31-/m1/s1. The van der Waals surface area contributed by atoms with Crippen molar-refractivity contribution in [2.45, 2.75) is 56.7 Å². The number of hydrogen-bond acceptors (Lipinski definition) is 6. The Kier molecular flexibility index (Phi) is 10.2. The first-order chi connectivity index (χ1) is 22.2. The molecule has 46 heavy (non-hydrogen) atoms. The van der Waals surface area contributed by atoms with Crippen LogP contribution in [0.1, 0.15) is 36.8 Å². The summed E-state index contributed by atoms with van der Waals surface area (Å²) in [4.78, 5) is 51.1. The molecule has 2 aromatic rings. The van der Waals surface area contributed by atoms with Gasteiger partial charge in [0.05, 0.1) is 0 Å². The number of para-hydroxylation sites is 1. The molecule has 3 fully saturated rings. The van der Waals surface area contributed by atoms with Crippen LogP contribution in [-0.2, 0) is 22.4 Å². The van der Waals surface area contributed by atoms with Gasteiger partial charge in [-0.05, 0) is 56.3 Å². The van der Waals surface area contributed by atoms with Crippen molar-refractivity contribution in [3.05, 3.63) is 53.6 Å². The molecule has 1 N–H and O–H groups in total. The van der Waals surface area contributed by atoms with Crippen molar-refractivity contribution in [1.29, 1.82) is 0 Å². The Labute approximate surface area is 275 Å². The van der Waals surface area contributed by atoms with Gasteiger partial charge in [0, 0.05) is 83.1 Å². The minimum Gasteiger partial charge on any atom is -0.436 e. The molecule has 1 atom stereocenters. The summed E-state index contributed by atoms with van der Waals surface area (Å²) in [6.07, 6.45) is 3.08. The number of carbonyl (C=O) groups is 3. The lowest BCUT2D eigenvalue weighted by molar-refractivity contribution is -0.142. The van der Waals surface area contributed by atoms with Crippen LogP contribution >= 0.6 is 0 Å². The number of piperidine rings is 2. The van der Waals surface area contributed by atoms with Gasteiger partial charge in [-0.15, -0.1) is 0 Å². The number of benzene rings is 2. The Morgan fingerprint density at radius 3 is 2.24 bits per heavy atom. The number of amides is 4. The predicted molar refractivity (Wildman–Crippen MR) is 186 cm³/mol. The Hall–Kier alpha value is -3.50. The number of piperazine rings is 1. The van der Waals surface area contributed by atoms with Crippen molar-refractivity contribution in [2.24, 2.45) is 0 Å². The third kappa shape index (κ3) is 7.55. The van der Waals surface area contributed by atoms with E-state index in [0.717, 1.165) is 67.7 Å². The molecule has 0 radical (unpaired) electrons. The third-order valence-electron chi connectivity index (χ3n) is 10.6. The number of urea groups is 1. The van der Waals surface area contributed by atoms with Crippen LogP contribution < -0.4 is 16.2 Å². The van der Waals surface area contributed by atoms with Gasteiger partial charge in [0.25, 0.3) is 5.91 Å². The van der Waals surface area contributed by atoms with Gasteiger partial charge >= 0.3 is 12.1 Å². The van der Waals surface area contributed by atoms with Crippen LogP contribution in [0.4, 0.5) is 15.3 Å². The largest absolute Gasteiger partial charge is 0.436 e. The Balaban J connectivity index is 1.07. The number of hydrogen-bond donors (Lipinski definition) is 1. The number of nitrogens with zero attached hydrogens (tertiary/aromatic N) is 5. The third-order valence-corrected chi connectivity index (χ3v) is 10.6. The highest BCUT2D eigenvalue weighted by Crippen LogP contribution is 2.25. The second kappa shape index (κ2) is 14.5. The summed E-state index contributed by atoms with van der Waals surface area (Å²) in [6, 6.07) is 14.6. The Bertz CT molecular complexity index is 1400. The molecule has 12 heteroatoms. The number of ether oxygens (including phenoxy) is 1. The second-order valence-corrected chi connectivity index (χ2v) is 13.6. The maximum atomic E-state index is 14.0. The van der Waals surface area contributed by atoms with Gasteiger partial charge in [0.1, 0.15) is 15.7 Å². The zero-order valence-corrected chi connectivity index (χ0v) is 27.7. The molecule has 0 unspecified atom stereocenters. The fourth-order valence-electron chi connectivity index (χ4n) is 7.46. The maximum Gasteiger partial charge on any atom is 0.410 e. The zero-order chi connectivity index (χ0) is 32.2. The highest BCUT2D eigenvalue weighted by molar-refractivity contribution is 6.48. The number of fused-ring (bicyclic) bond motifs is 1. The molecule has 0 spiro atoms. The van der Waals surface area contributed by atoms with Crippen LogP contribution in [0.2, 0.25) is 0 Å². The molecule has 6 rings (SSSR count). The van der Waals surface area contributed by atoms with Crippen molar-refractivity contribution >= 4 is 50.3 Å². The van der Waals surface area contributed by atoms with Gasteiger partial charge in [-0.25, -0.2) is 9.59 Å². The molecule has 2 aromatic carbocycles. The predicted octanol–water partition coefficient (Wildman–Crippen LogP) is 0.0441. The molecule has 3 saturated heterocycles. The average molecular weight is 626 g/mol. The Morgan fingerprint density at radius 1 is 0.848 bits per heavy atom. The first-order valence-electron chi connectivity index (χ1n) is 17.1. The van der Waals surface area contributed by atoms with Gasteiger partial charge in [0.15, 0.2) is 6.10 Å². The number of carbonyl (C=O) groups excluding carboxylic acids is 3. The summed E-state index contributed by atoms with van der Waals surface area (Å²) < 4.78 is 6.09. The molecule has 0 aliphatic carbocycles. The van der Waals surface area contributed by atoms with E-state index >= 15 is 0 Å². The lowest BCUT2D eigenvalue weighted by Gasteiger charge is -2.42. The molecule has 244 valence electrons. The molecule has 0 saturated carbocycles. The fraction of sp³-hybridized carbons (Fsp3) is 0.559. The van der Waals surface area contributed by atoms with E-state index < -0.39 is 12.2 Å². The van der Waals surface area contributed by atoms with Crippen molar-refractivity contribution in [2.75, 3.05) is 71.3 Å². The van der Waals surface area contributed by atoms with Crippen molar-refractivity contribution < 1.29 is 19.1 Å². The summed E-state index contributed by atoms with van der Waals surface area (Å²) in [5.41, 5.74) is 5.36. The van der Waals surface area contributed by atoms with Crippen molar-refractivity contribution in [1.82, 2.24) is 24.5 Å². The Morgan fingerprint density at radius 2 is 1.52 bits per heavy atom. The van der Waals surface area contributed by atoms with Crippen LogP contribution in [0, 0.1) is 0 Å². The molecular formula is C34H48B2N6O4.